The fraction of sp³-hybridized carbons (Fsp3) is 0.0435. The molecule has 0 aliphatic heterocycles. The highest BCUT2D eigenvalue weighted by atomic mass is 16.5. The Morgan fingerprint density at radius 3 is 2.08 bits per heavy atom. The van der Waals surface area contributed by atoms with Crippen molar-refractivity contribution in [1.82, 2.24) is 0 Å². The molecule has 0 N–H and O–H groups in total. The molecule has 2 aromatic heterocycles. The fourth-order valence-corrected chi connectivity index (χ4v) is 4.64. The van der Waals surface area contributed by atoms with E-state index >= 15 is 0 Å². The van der Waals surface area contributed by atoms with Crippen molar-refractivity contribution in [2.24, 2.45) is 0 Å². The quantitative estimate of drug-likeness (QED) is 0.337. The summed E-state index contributed by atoms with van der Waals surface area (Å²) < 4.78 is 18.0. The van der Waals surface area contributed by atoms with Crippen LogP contribution in [0.25, 0.3) is 65.8 Å². The molecule has 3 heteroatoms. The summed E-state index contributed by atoms with van der Waals surface area (Å²) in [6, 6.07) is 18.7. The summed E-state index contributed by atoms with van der Waals surface area (Å²) in [5, 5.41) is 7.09. The van der Waals surface area contributed by atoms with Crippen LogP contribution in [0.4, 0.5) is 0 Å². The Kier molecular flexibility index (Phi) is 1.99. The molecule has 0 atom stereocenters. The van der Waals surface area contributed by atoms with Crippen LogP contribution >= 0.6 is 0 Å². The lowest BCUT2D eigenvalue weighted by molar-refractivity contribution is 0.415. The van der Waals surface area contributed by atoms with Crippen LogP contribution in [0, 0.1) is 0 Å². The van der Waals surface area contributed by atoms with E-state index in [9.17, 15) is 0 Å². The molecule has 0 amide bonds. The Labute approximate surface area is 147 Å². The summed E-state index contributed by atoms with van der Waals surface area (Å²) in [4.78, 5) is 0. The van der Waals surface area contributed by atoms with Crippen LogP contribution in [0.2, 0.25) is 0 Å². The largest absolute Gasteiger partial charge is 0.497 e. The van der Waals surface area contributed by atoms with E-state index in [1.54, 1.807) is 7.11 Å². The highest BCUT2D eigenvalue weighted by molar-refractivity contribution is 6.36. The smallest absolute Gasteiger partial charge is 0.139 e. The lowest BCUT2D eigenvalue weighted by Gasteiger charge is -2.07. The molecule has 0 saturated carbocycles. The van der Waals surface area contributed by atoms with Crippen molar-refractivity contribution < 1.29 is 13.6 Å². The minimum atomic E-state index is 0.797. The number of methoxy groups -OCH3 is 1. The Hall–Kier alpha value is -3.46. The molecule has 122 valence electrons. The van der Waals surface area contributed by atoms with Gasteiger partial charge < -0.3 is 13.6 Å². The second-order valence-electron chi connectivity index (χ2n) is 6.91. The second-order valence-corrected chi connectivity index (χ2v) is 6.91. The van der Waals surface area contributed by atoms with Gasteiger partial charge in [0.1, 0.15) is 28.1 Å². The number of rotatable bonds is 1. The highest BCUT2D eigenvalue weighted by Crippen LogP contribution is 2.50. The van der Waals surface area contributed by atoms with Gasteiger partial charge in [-0.1, -0.05) is 24.3 Å². The first-order chi connectivity index (χ1) is 12.8. The molecular weight excluding hydrogens is 324 g/mol. The van der Waals surface area contributed by atoms with E-state index in [0.717, 1.165) is 44.6 Å². The zero-order chi connectivity index (χ0) is 17.0. The van der Waals surface area contributed by atoms with Crippen molar-refractivity contribution in [3.63, 3.8) is 0 Å². The monoisotopic (exact) mass is 336 g/mol. The minimum absolute atomic E-state index is 0.797. The lowest BCUT2D eigenvalue weighted by Crippen LogP contribution is -1.85. The maximum Gasteiger partial charge on any atom is 0.139 e. The van der Waals surface area contributed by atoms with Crippen LogP contribution in [0.3, 0.4) is 0 Å². The van der Waals surface area contributed by atoms with E-state index in [0.29, 0.717) is 0 Å². The molecule has 0 radical (unpaired) electrons. The molecule has 6 aromatic rings. The predicted octanol–water partition coefficient (Wildman–Crippen LogP) is 6.63. The summed E-state index contributed by atoms with van der Waals surface area (Å²) in [5.41, 5.74) is 5.89. The average Bonchev–Trinajstić information content (AvgIpc) is 3.20. The van der Waals surface area contributed by atoms with E-state index in [4.69, 9.17) is 13.6 Å². The third kappa shape index (κ3) is 1.27. The zero-order valence-corrected chi connectivity index (χ0v) is 13.9. The van der Waals surface area contributed by atoms with E-state index in [1.165, 1.54) is 26.9 Å². The normalized spacial score (nSPS) is 12.8. The Morgan fingerprint density at radius 2 is 1.31 bits per heavy atom. The minimum Gasteiger partial charge on any atom is -0.497 e. The number of benzene rings is 4. The first kappa shape index (κ1) is 12.8. The Balaban J connectivity index is 1.98. The molecule has 0 bridgehead atoms. The fourth-order valence-electron chi connectivity index (χ4n) is 4.64. The van der Waals surface area contributed by atoms with Gasteiger partial charge in [-0.2, -0.15) is 0 Å². The van der Waals surface area contributed by atoms with Crippen LogP contribution in [0.1, 0.15) is 0 Å². The molecule has 1 aliphatic carbocycles. The predicted molar refractivity (Wildman–Crippen MR) is 104 cm³/mol. The van der Waals surface area contributed by atoms with Crippen molar-refractivity contribution >= 4 is 54.6 Å². The molecule has 26 heavy (non-hydrogen) atoms. The molecule has 0 unspecified atom stereocenters. The molecular formula is C23H12O3. The van der Waals surface area contributed by atoms with Crippen LogP contribution in [0.5, 0.6) is 5.75 Å². The zero-order valence-electron chi connectivity index (χ0n) is 13.9. The summed E-state index contributed by atoms with van der Waals surface area (Å²) in [6.45, 7) is 0. The highest BCUT2D eigenvalue weighted by Gasteiger charge is 2.25. The van der Waals surface area contributed by atoms with Gasteiger partial charge in [0, 0.05) is 33.0 Å². The van der Waals surface area contributed by atoms with Gasteiger partial charge in [0.25, 0.3) is 0 Å². The van der Waals surface area contributed by atoms with Gasteiger partial charge in [-0.25, -0.2) is 0 Å². The van der Waals surface area contributed by atoms with Gasteiger partial charge in [0.15, 0.2) is 0 Å². The molecule has 0 spiro atoms. The van der Waals surface area contributed by atoms with Gasteiger partial charge >= 0.3 is 0 Å². The third-order valence-electron chi connectivity index (χ3n) is 5.68. The van der Waals surface area contributed by atoms with Crippen molar-refractivity contribution in [2.45, 2.75) is 0 Å². The summed E-state index contributed by atoms with van der Waals surface area (Å²) in [6.07, 6.45) is 0. The van der Waals surface area contributed by atoms with Crippen LogP contribution in [-0.2, 0) is 0 Å². The van der Waals surface area contributed by atoms with Crippen LogP contribution in [-0.4, -0.2) is 7.11 Å². The second kappa shape index (κ2) is 4.02. The number of hydrogen-bond acceptors (Lipinski definition) is 3. The van der Waals surface area contributed by atoms with Crippen molar-refractivity contribution in [1.29, 1.82) is 0 Å². The van der Waals surface area contributed by atoms with E-state index in [1.807, 2.05) is 12.1 Å². The standard InChI is InChI=1S/C23H12O3/c1-24-12-9-14-13-3-2-4-15-20(13)22-16(25-15)7-5-11-6-8-17-23(19(11)22)21(14)18(10-12)26-17/h2-10H,1H3. The van der Waals surface area contributed by atoms with Gasteiger partial charge in [0.05, 0.1) is 7.11 Å². The molecule has 3 nitrogen and oxygen atoms in total. The van der Waals surface area contributed by atoms with Gasteiger partial charge in [-0.15, -0.1) is 0 Å². The number of hydrogen-bond donors (Lipinski definition) is 0. The molecule has 0 fully saturated rings. The van der Waals surface area contributed by atoms with Crippen LogP contribution < -0.4 is 4.74 Å². The van der Waals surface area contributed by atoms with Crippen LogP contribution in [0.15, 0.2) is 63.4 Å². The van der Waals surface area contributed by atoms with Gasteiger partial charge in [0.2, 0.25) is 0 Å². The van der Waals surface area contributed by atoms with Gasteiger partial charge in [-0.05, 0) is 40.8 Å². The molecule has 4 aromatic carbocycles. The number of fused-ring (bicyclic) bond motifs is 1. The first-order valence-corrected chi connectivity index (χ1v) is 8.65. The topological polar surface area (TPSA) is 35.5 Å². The third-order valence-corrected chi connectivity index (χ3v) is 5.68. The lowest BCUT2D eigenvalue weighted by atomic mass is 9.98. The number of ether oxygens (including phenoxy) is 1. The van der Waals surface area contributed by atoms with E-state index in [-0.39, 0.29) is 0 Å². The maximum atomic E-state index is 6.22. The van der Waals surface area contributed by atoms with Crippen molar-refractivity contribution in [2.75, 3.05) is 7.11 Å². The molecule has 0 saturated heterocycles. The van der Waals surface area contributed by atoms with Crippen molar-refractivity contribution in [3.05, 3.63) is 54.6 Å². The Bertz CT molecular complexity index is 1560. The summed E-state index contributed by atoms with van der Waals surface area (Å²) >= 11 is 0. The SMILES string of the molecule is COc1cc2c3c(c1)oc1ccc4ccc5oc6cccc-2c6c5c4c13. The number of furan rings is 2. The van der Waals surface area contributed by atoms with Crippen molar-refractivity contribution in [3.8, 4) is 16.9 Å². The summed E-state index contributed by atoms with van der Waals surface area (Å²) in [5.74, 6) is 0.797. The first-order valence-electron chi connectivity index (χ1n) is 8.65. The molecule has 7 rings (SSSR count). The molecule has 1 aliphatic rings. The van der Waals surface area contributed by atoms with Gasteiger partial charge in [-0.3, -0.25) is 0 Å². The average molecular weight is 336 g/mol. The Morgan fingerprint density at radius 1 is 0.615 bits per heavy atom. The molecule has 2 heterocycles. The van der Waals surface area contributed by atoms with E-state index < -0.39 is 0 Å². The maximum absolute atomic E-state index is 6.22. The van der Waals surface area contributed by atoms with E-state index in [2.05, 4.69) is 42.5 Å². The summed E-state index contributed by atoms with van der Waals surface area (Å²) in [7, 11) is 1.69.